The van der Waals surface area contributed by atoms with Crippen molar-refractivity contribution in [2.24, 2.45) is 0 Å². The van der Waals surface area contributed by atoms with E-state index < -0.39 is 0 Å². The molecular weight excluding hydrogens is 342 g/mol. The zero-order valence-corrected chi connectivity index (χ0v) is 14.1. The van der Waals surface area contributed by atoms with Crippen LogP contribution >= 0.6 is 11.6 Å². The molecule has 0 spiro atoms. The van der Waals surface area contributed by atoms with Crippen molar-refractivity contribution in [3.05, 3.63) is 63.5 Å². The minimum Gasteiger partial charge on any atom is -0.486 e. The Morgan fingerprint density at radius 3 is 3.00 bits per heavy atom. The fourth-order valence-electron chi connectivity index (χ4n) is 2.79. The molecule has 0 atom stereocenters. The molecule has 0 fully saturated rings. The third-order valence-corrected chi connectivity index (χ3v) is 4.23. The average molecular weight is 358 g/mol. The number of aromatic nitrogens is 2. The minimum atomic E-state index is -0.115. The monoisotopic (exact) mass is 357 g/mol. The van der Waals surface area contributed by atoms with Crippen LogP contribution in [0.3, 0.4) is 0 Å². The highest BCUT2D eigenvalue weighted by Crippen LogP contribution is 2.38. The predicted molar refractivity (Wildman–Crippen MR) is 96.1 cm³/mol. The van der Waals surface area contributed by atoms with Gasteiger partial charge in [-0.2, -0.15) is 0 Å². The molecular formula is C18H16ClN3O3. The van der Waals surface area contributed by atoms with E-state index in [1.54, 1.807) is 18.3 Å². The second-order valence-corrected chi connectivity index (χ2v) is 6.09. The Morgan fingerprint density at radius 1 is 1.20 bits per heavy atom. The second-order valence-electron chi connectivity index (χ2n) is 5.69. The molecule has 1 N–H and O–H groups in total. The average Bonchev–Trinajstić information content (AvgIpc) is 2.62. The van der Waals surface area contributed by atoms with Crippen LogP contribution in [0.15, 0.2) is 47.4 Å². The Hall–Kier alpha value is -2.73. The first-order chi connectivity index (χ1) is 12.2. The molecule has 0 amide bonds. The third kappa shape index (κ3) is 3.25. The summed E-state index contributed by atoms with van der Waals surface area (Å²) in [6, 6.07) is 10.7. The van der Waals surface area contributed by atoms with Gasteiger partial charge in [0.15, 0.2) is 11.5 Å². The molecule has 128 valence electrons. The summed E-state index contributed by atoms with van der Waals surface area (Å²) < 4.78 is 12.6. The van der Waals surface area contributed by atoms with Gasteiger partial charge in [0, 0.05) is 18.8 Å². The van der Waals surface area contributed by atoms with Crippen molar-refractivity contribution >= 4 is 23.1 Å². The molecule has 7 heteroatoms. The molecule has 2 aromatic heterocycles. The van der Waals surface area contributed by atoms with E-state index in [9.17, 15) is 4.79 Å². The number of halogens is 1. The second kappa shape index (κ2) is 6.64. The molecule has 0 aliphatic carbocycles. The van der Waals surface area contributed by atoms with Crippen molar-refractivity contribution in [2.45, 2.75) is 6.42 Å². The number of hydrogen-bond acceptors (Lipinski definition) is 5. The van der Waals surface area contributed by atoms with Crippen LogP contribution in [0.2, 0.25) is 5.02 Å². The van der Waals surface area contributed by atoms with Gasteiger partial charge >= 0.3 is 0 Å². The Kier molecular flexibility index (Phi) is 4.19. The summed E-state index contributed by atoms with van der Waals surface area (Å²) in [7, 11) is 0. The first kappa shape index (κ1) is 15.8. The molecule has 3 aromatic rings. The number of benzene rings is 1. The molecule has 4 rings (SSSR count). The zero-order chi connectivity index (χ0) is 17.2. The Morgan fingerprint density at radius 2 is 2.08 bits per heavy atom. The summed E-state index contributed by atoms with van der Waals surface area (Å²) in [5.74, 6) is 1.84. The molecule has 0 radical (unpaired) electrons. The van der Waals surface area contributed by atoms with Crippen molar-refractivity contribution in [3.8, 4) is 11.5 Å². The number of rotatable bonds is 4. The van der Waals surface area contributed by atoms with Crippen molar-refractivity contribution in [3.63, 3.8) is 0 Å². The van der Waals surface area contributed by atoms with Crippen molar-refractivity contribution in [2.75, 3.05) is 25.1 Å². The van der Waals surface area contributed by atoms with Gasteiger partial charge in [-0.1, -0.05) is 17.7 Å². The lowest BCUT2D eigenvalue weighted by atomic mass is 10.1. The van der Waals surface area contributed by atoms with E-state index in [-0.39, 0.29) is 5.56 Å². The normalized spacial score (nSPS) is 13.0. The third-order valence-electron chi connectivity index (χ3n) is 3.95. The standard InChI is InChI=1S/C18H16ClN3O3/c19-13-9-12(10-14-18(13)25-8-7-24-14)4-5-20-15-11-17(23)22-6-2-1-3-16(22)21-15/h1-3,6,9-11,20H,4-5,7-8H2. The number of anilines is 1. The summed E-state index contributed by atoms with van der Waals surface area (Å²) >= 11 is 6.25. The zero-order valence-electron chi connectivity index (χ0n) is 13.4. The van der Waals surface area contributed by atoms with Gasteiger partial charge in [0.25, 0.3) is 5.56 Å². The van der Waals surface area contributed by atoms with E-state index in [4.69, 9.17) is 21.1 Å². The molecule has 0 bridgehead atoms. The molecule has 1 aromatic carbocycles. The number of pyridine rings is 1. The number of fused-ring (bicyclic) bond motifs is 2. The van der Waals surface area contributed by atoms with E-state index in [0.29, 0.717) is 54.2 Å². The fraction of sp³-hybridized carbons (Fsp3) is 0.222. The van der Waals surface area contributed by atoms with Gasteiger partial charge in [0.2, 0.25) is 0 Å². The van der Waals surface area contributed by atoms with Gasteiger partial charge in [-0.25, -0.2) is 4.98 Å². The molecule has 25 heavy (non-hydrogen) atoms. The highest BCUT2D eigenvalue weighted by Gasteiger charge is 2.16. The van der Waals surface area contributed by atoms with E-state index in [2.05, 4.69) is 10.3 Å². The number of ether oxygens (including phenoxy) is 2. The predicted octanol–water partition coefficient (Wildman–Crippen LogP) is 2.77. The summed E-state index contributed by atoms with van der Waals surface area (Å²) in [5, 5.41) is 3.74. The van der Waals surface area contributed by atoms with Crippen LogP contribution in [0.1, 0.15) is 5.56 Å². The Labute approximate surface area is 149 Å². The maximum Gasteiger partial charge on any atom is 0.259 e. The van der Waals surface area contributed by atoms with Crippen LogP contribution in [-0.2, 0) is 6.42 Å². The van der Waals surface area contributed by atoms with Crippen LogP contribution in [0.5, 0.6) is 11.5 Å². The van der Waals surface area contributed by atoms with Crippen molar-refractivity contribution in [1.82, 2.24) is 9.38 Å². The molecule has 3 heterocycles. The summed E-state index contributed by atoms with van der Waals surface area (Å²) in [6.07, 6.45) is 2.41. The SMILES string of the molecule is O=c1cc(NCCc2cc(Cl)c3c(c2)OCCO3)nc2ccccn12. The quantitative estimate of drug-likeness (QED) is 0.777. The van der Waals surface area contributed by atoms with E-state index in [0.717, 1.165) is 5.56 Å². The molecule has 0 saturated heterocycles. The van der Waals surface area contributed by atoms with Crippen LogP contribution in [0.4, 0.5) is 5.82 Å². The van der Waals surface area contributed by atoms with E-state index >= 15 is 0 Å². The van der Waals surface area contributed by atoms with Gasteiger partial charge in [-0.05, 0) is 36.2 Å². The summed E-state index contributed by atoms with van der Waals surface area (Å²) in [4.78, 5) is 16.5. The highest BCUT2D eigenvalue weighted by molar-refractivity contribution is 6.32. The van der Waals surface area contributed by atoms with Gasteiger partial charge in [-0.15, -0.1) is 0 Å². The topological polar surface area (TPSA) is 64.9 Å². The van der Waals surface area contributed by atoms with Crippen LogP contribution in [-0.4, -0.2) is 29.1 Å². The first-order valence-electron chi connectivity index (χ1n) is 8.01. The molecule has 6 nitrogen and oxygen atoms in total. The fourth-order valence-corrected chi connectivity index (χ4v) is 3.08. The van der Waals surface area contributed by atoms with Crippen molar-refractivity contribution in [1.29, 1.82) is 0 Å². The highest BCUT2D eigenvalue weighted by atomic mass is 35.5. The van der Waals surface area contributed by atoms with Crippen LogP contribution in [0.25, 0.3) is 5.65 Å². The molecule has 1 aliphatic rings. The molecule has 0 unspecified atom stereocenters. The smallest absolute Gasteiger partial charge is 0.259 e. The Balaban J connectivity index is 1.48. The lowest BCUT2D eigenvalue weighted by Crippen LogP contribution is -2.17. The van der Waals surface area contributed by atoms with Gasteiger partial charge < -0.3 is 14.8 Å². The van der Waals surface area contributed by atoms with Crippen LogP contribution < -0.4 is 20.3 Å². The first-order valence-corrected chi connectivity index (χ1v) is 8.39. The van der Waals surface area contributed by atoms with Crippen molar-refractivity contribution < 1.29 is 9.47 Å². The maximum absolute atomic E-state index is 12.1. The maximum atomic E-state index is 12.1. The number of nitrogens with zero attached hydrogens (tertiary/aromatic N) is 2. The lowest BCUT2D eigenvalue weighted by Gasteiger charge is -2.20. The van der Waals surface area contributed by atoms with Gasteiger partial charge in [-0.3, -0.25) is 9.20 Å². The van der Waals surface area contributed by atoms with Gasteiger partial charge in [0.05, 0.1) is 5.02 Å². The molecule has 1 aliphatic heterocycles. The minimum absolute atomic E-state index is 0.115. The summed E-state index contributed by atoms with van der Waals surface area (Å²) in [5.41, 5.74) is 1.52. The summed E-state index contributed by atoms with van der Waals surface area (Å²) in [6.45, 7) is 1.65. The Bertz CT molecular complexity index is 987. The number of nitrogens with one attached hydrogen (secondary N) is 1. The van der Waals surface area contributed by atoms with E-state index in [1.807, 2.05) is 18.2 Å². The van der Waals surface area contributed by atoms with Crippen LogP contribution in [0, 0.1) is 0 Å². The largest absolute Gasteiger partial charge is 0.486 e. The van der Waals surface area contributed by atoms with E-state index in [1.165, 1.54) is 10.5 Å². The number of hydrogen-bond donors (Lipinski definition) is 1. The lowest BCUT2D eigenvalue weighted by molar-refractivity contribution is 0.171. The molecule has 0 saturated carbocycles. The van der Waals surface area contributed by atoms with Gasteiger partial charge in [0.1, 0.15) is 24.7 Å².